The molecule has 0 aromatic carbocycles. The Morgan fingerprint density at radius 1 is 1.47 bits per heavy atom. The van der Waals surface area contributed by atoms with Crippen LogP contribution in [0.3, 0.4) is 0 Å². The summed E-state index contributed by atoms with van der Waals surface area (Å²) in [6.07, 6.45) is 3.45. The fourth-order valence-electron chi connectivity index (χ4n) is 1.47. The number of rotatable bonds is 5. The van der Waals surface area contributed by atoms with E-state index in [1.807, 2.05) is 32.9 Å². The molecule has 6 heteroatoms. The summed E-state index contributed by atoms with van der Waals surface area (Å²) in [5.74, 6) is 0.830. The molecule has 2 N–H and O–H groups in total. The number of hydrogen-bond donors (Lipinski definition) is 1. The Morgan fingerprint density at radius 2 is 2.26 bits per heavy atom. The number of pyridine rings is 1. The summed E-state index contributed by atoms with van der Waals surface area (Å²) < 4.78 is 10.7. The molecule has 1 atom stereocenters. The lowest BCUT2D eigenvalue weighted by molar-refractivity contribution is 0.0410. The molecule has 2 heterocycles. The zero-order valence-electron chi connectivity index (χ0n) is 11.3. The second-order valence-corrected chi connectivity index (χ2v) is 4.94. The van der Waals surface area contributed by atoms with Gasteiger partial charge in [-0.3, -0.25) is 4.98 Å². The molecule has 0 aliphatic rings. The molecule has 2 aromatic rings. The molecule has 0 saturated carbocycles. The third-order valence-corrected chi connectivity index (χ3v) is 2.56. The second kappa shape index (κ2) is 5.46. The van der Waals surface area contributed by atoms with Crippen LogP contribution in [0.4, 0.5) is 0 Å². The SMILES string of the molecule is CC(C)OCC(C)(N)c1noc(-c2cccnc2)n1. The summed E-state index contributed by atoms with van der Waals surface area (Å²) in [5, 5.41) is 3.92. The smallest absolute Gasteiger partial charge is 0.259 e. The topological polar surface area (TPSA) is 87.1 Å². The average molecular weight is 262 g/mol. The van der Waals surface area contributed by atoms with E-state index < -0.39 is 5.54 Å². The number of aromatic nitrogens is 3. The standard InChI is InChI=1S/C13H18N4O2/c1-9(2)18-8-13(3,14)12-16-11(19-17-12)10-5-4-6-15-7-10/h4-7,9H,8,14H2,1-3H3. The first-order valence-electron chi connectivity index (χ1n) is 6.14. The highest BCUT2D eigenvalue weighted by atomic mass is 16.5. The highest BCUT2D eigenvalue weighted by Gasteiger charge is 2.28. The average Bonchev–Trinajstić information content (AvgIpc) is 2.88. The van der Waals surface area contributed by atoms with Gasteiger partial charge in [-0.1, -0.05) is 5.16 Å². The Kier molecular flexibility index (Phi) is 3.92. The maximum atomic E-state index is 6.15. The van der Waals surface area contributed by atoms with Crippen LogP contribution >= 0.6 is 0 Å². The Labute approximate surface area is 112 Å². The summed E-state index contributed by atoms with van der Waals surface area (Å²) in [6, 6.07) is 3.66. The van der Waals surface area contributed by atoms with E-state index in [-0.39, 0.29) is 6.10 Å². The molecule has 6 nitrogen and oxygen atoms in total. The highest BCUT2D eigenvalue weighted by molar-refractivity contribution is 5.50. The number of ether oxygens (including phenoxy) is 1. The molecule has 0 spiro atoms. The monoisotopic (exact) mass is 262 g/mol. The molecule has 0 aliphatic carbocycles. The molecule has 0 amide bonds. The summed E-state index contributed by atoms with van der Waals surface area (Å²) in [4.78, 5) is 8.32. The molecule has 102 valence electrons. The first kappa shape index (κ1) is 13.6. The van der Waals surface area contributed by atoms with Gasteiger partial charge >= 0.3 is 0 Å². The van der Waals surface area contributed by atoms with E-state index in [9.17, 15) is 0 Å². The third-order valence-electron chi connectivity index (χ3n) is 2.56. The Hall–Kier alpha value is -1.79. The first-order valence-corrected chi connectivity index (χ1v) is 6.14. The van der Waals surface area contributed by atoms with Gasteiger partial charge < -0.3 is 15.0 Å². The quantitative estimate of drug-likeness (QED) is 0.883. The predicted octanol–water partition coefficient (Wildman–Crippen LogP) is 1.73. The molecule has 0 saturated heterocycles. The third kappa shape index (κ3) is 3.36. The van der Waals surface area contributed by atoms with Gasteiger partial charge in [0.2, 0.25) is 0 Å². The molecule has 1 unspecified atom stereocenters. The van der Waals surface area contributed by atoms with Crippen LogP contribution in [0.25, 0.3) is 11.5 Å². The van der Waals surface area contributed by atoms with Crippen molar-refractivity contribution in [3.05, 3.63) is 30.4 Å². The minimum atomic E-state index is -0.784. The molecular weight excluding hydrogens is 244 g/mol. The number of nitrogens with two attached hydrogens (primary N) is 1. The zero-order chi connectivity index (χ0) is 13.9. The van der Waals surface area contributed by atoms with Crippen molar-refractivity contribution in [3.63, 3.8) is 0 Å². The van der Waals surface area contributed by atoms with Crippen LogP contribution in [0.1, 0.15) is 26.6 Å². The predicted molar refractivity (Wildman–Crippen MR) is 70.2 cm³/mol. The summed E-state index contributed by atoms with van der Waals surface area (Å²) in [6.45, 7) is 6.05. The van der Waals surface area contributed by atoms with Crippen LogP contribution in [-0.2, 0) is 10.3 Å². The fourth-order valence-corrected chi connectivity index (χ4v) is 1.47. The van der Waals surface area contributed by atoms with Gasteiger partial charge in [0.1, 0.15) is 5.54 Å². The Morgan fingerprint density at radius 3 is 2.89 bits per heavy atom. The molecule has 0 bridgehead atoms. The van der Waals surface area contributed by atoms with Gasteiger partial charge in [-0.15, -0.1) is 0 Å². The van der Waals surface area contributed by atoms with Crippen LogP contribution in [0, 0.1) is 0 Å². The normalized spacial score (nSPS) is 14.6. The zero-order valence-corrected chi connectivity index (χ0v) is 11.3. The lowest BCUT2D eigenvalue weighted by Gasteiger charge is -2.21. The van der Waals surface area contributed by atoms with Gasteiger partial charge in [0.05, 0.1) is 18.3 Å². The lowest BCUT2D eigenvalue weighted by Crippen LogP contribution is -2.40. The van der Waals surface area contributed by atoms with Crippen LogP contribution in [0.15, 0.2) is 29.0 Å². The molecule has 0 fully saturated rings. The maximum absolute atomic E-state index is 6.15. The Bertz CT molecular complexity index is 522. The minimum absolute atomic E-state index is 0.104. The largest absolute Gasteiger partial charge is 0.376 e. The molecule has 0 radical (unpaired) electrons. The van der Waals surface area contributed by atoms with Gasteiger partial charge in [0.15, 0.2) is 5.82 Å². The van der Waals surface area contributed by atoms with Crippen molar-refractivity contribution < 1.29 is 9.26 Å². The summed E-state index contributed by atoms with van der Waals surface area (Å²) in [7, 11) is 0. The van der Waals surface area contributed by atoms with Crippen molar-refractivity contribution in [1.82, 2.24) is 15.1 Å². The van der Waals surface area contributed by atoms with Crippen LogP contribution < -0.4 is 5.73 Å². The van der Waals surface area contributed by atoms with Crippen molar-refractivity contribution in [2.45, 2.75) is 32.4 Å². The van der Waals surface area contributed by atoms with Crippen molar-refractivity contribution in [3.8, 4) is 11.5 Å². The van der Waals surface area contributed by atoms with Crippen molar-refractivity contribution in [1.29, 1.82) is 0 Å². The molecular formula is C13H18N4O2. The van der Waals surface area contributed by atoms with Crippen LogP contribution in [0.2, 0.25) is 0 Å². The van der Waals surface area contributed by atoms with E-state index in [0.717, 1.165) is 5.56 Å². The van der Waals surface area contributed by atoms with E-state index in [1.54, 1.807) is 12.4 Å². The summed E-state index contributed by atoms with van der Waals surface area (Å²) >= 11 is 0. The molecule has 0 aliphatic heterocycles. The minimum Gasteiger partial charge on any atom is -0.376 e. The van der Waals surface area contributed by atoms with Gasteiger partial charge in [0.25, 0.3) is 5.89 Å². The lowest BCUT2D eigenvalue weighted by atomic mass is 10.1. The van der Waals surface area contributed by atoms with Crippen molar-refractivity contribution in [2.75, 3.05) is 6.61 Å². The first-order chi connectivity index (χ1) is 8.99. The Balaban J connectivity index is 2.16. The molecule has 2 aromatic heterocycles. The van der Waals surface area contributed by atoms with E-state index in [2.05, 4.69) is 15.1 Å². The van der Waals surface area contributed by atoms with Gasteiger partial charge in [-0.05, 0) is 32.9 Å². The van der Waals surface area contributed by atoms with E-state index in [4.69, 9.17) is 15.0 Å². The van der Waals surface area contributed by atoms with Gasteiger partial charge in [-0.25, -0.2) is 0 Å². The van der Waals surface area contributed by atoms with Crippen molar-refractivity contribution in [2.24, 2.45) is 5.73 Å². The highest BCUT2D eigenvalue weighted by Crippen LogP contribution is 2.20. The van der Waals surface area contributed by atoms with Gasteiger partial charge in [0, 0.05) is 12.4 Å². The van der Waals surface area contributed by atoms with E-state index in [1.165, 1.54) is 0 Å². The van der Waals surface area contributed by atoms with Crippen molar-refractivity contribution >= 4 is 0 Å². The van der Waals surface area contributed by atoms with Crippen LogP contribution in [0.5, 0.6) is 0 Å². The summed E-state index contributed by atoms with van der Waals surface area (Å²) in [5.41, 5.74) is 6.13. The number of nitrogens with zero attached hydrogens (tertiary/aromatic N) is 3. The van der Waals surface area contributed by atoms with E-state index >= 15 is 0 Å². The molecule has 2 rings (SSSR count). The maximum Gasteiger partial charge on any atom is 0.259 e. The van der Waals surface area contributed by atoms with Crippen LogP contribution in [-0.4, -0.2) is 27.8 Å². The number of hydrogen-bond acceptors (Lipinski definition) is 6. The second-order valence-electron chi connectivity index (χ2n) is 4.94. The molecule has 19 heavy (non-hydrogen) atoms. The fraction of sp³-hybridized carbons (Fsp3) is 0.462. The van der Waals surface area contributed by atoms with E-state index in [0.29, 0.717) is 18.3 Å². The van der Waals surface area contributed by atoms with Gasteiger partial charge in [-0.2, -0.15) is 4.98 Å².